The Kier molecular flexibility index (Phi) is 2.58. The van der Waals surface area contributed by atoms with Crippen LogP contribution in [0.5, 0.6) is 0 Å². The smallest absolute Gasteiger partial charge is 0.251 e. The van der Waals surface area contributed by atoms with Crippen molar-refractivity contribution in [2.75, 3.05) is 29.9 Å². The maximum Gasteiger partial charge on any atom is 0.251 e. The van der Waals surface area contributed by atoms with Gasteiger partial charge in [-0.3, -0.25) is 9.78 Å². The van der Waals surface area contributed by atoms with Crippen molar-refractivity contribution in [3.05, 3.63) is 17.5 Å². The molecule has 2 N–H and O–H groups in total. The number of pyridine rings is 1. The number of carbonyl (C=O) groups is 1. The predicted molar refractivity (Wildman–Crippen MR) is 84.1 cm³/mol. The lowest BCUT2D eigenvalue weighted by atomic mass is 9.94. The summed E-state index contributed by atoms with van der Waals surface area (Å²) in [6.07, 6.45) is 5.17. The third-order valence-corrected chi connectivity index (χ3v) is 5.71. The Bertz CT molecular complexity index is 660. The van der Waals surface area contributed by atoms with Gasteiger partial charge in [0.2, 0.25) is 0 Å². The molecule has 1 amide bonds. The van der Waals surface area contributed by atoms with Crippen molar-refractivity contribution in [1.82, 2.24) is 15.6 Å². The van der Waals surface area contributed by atoms with Crippen LogP contribution in [0.25, 0.3) is 0 Å². The number of hydrogen-bond donors (Lipinski definition) is 2. The molecule has 0 aromatic carbocycles. The summed E-state index contributed by atoms with van der Waals surface area (Å²) in [6.45, 7) is 2.77. The molecule has 0 saturated carbocycles. The fourth-order valence-electron chi connectivity index (χ4n) is 4.63. The first-order valence-electron chi connectivity index (χ1n) is 8.26. The molecule has 2 saturated heterocycles. The van der Waals surface area contributed by atoms with Gasteiger partial charge in [-0.05, 0) is 25.8 Å². The molecule has 22 heavy (non-hydrogen) atoms. The molecule has 0 spiro atoms. The number of aromatic nitrogens is 1. The maximum absolute atomic E-state index is 12.9. The number of carbonyl (C=O) groups excluding carboxylic acids is 1. The number of nitrogens with zero attached hydrogens (tertiary/aromatic N) is 3. The van der Waals surface area contributed by atoms with Gasteiger partial charge in [-0.2, -0.15) is 0 Å². The maximum atomic E-state index is 12.9. The van der Waals surface area contributed by atoms with Gasteiger partial charge in [-0.25, -0.2) is 0 Å². The first kappa shape index (κ1) is 12.8. The summed E-state index contributed by atoms with van der Waals surface area (Å²) in [5.74, 6) is 0.209. The van der Waals surface area contributed by atoms with E-state index in [1.165, 1.54) is 17.7 Å². The van der Waals surface area contributed by atoms with Crippen LogP contribution in [-0.4, -0.2) is 49.2 Å². The van der Waals surface area contributed by atoms with Crippen molar-refractivity contribution < 1.29 is 4.79 Å². The molecule has 0 aliphatic carbocycles. The Labute approximate surface area is 129 Å². The lowest BCUT2D eigenvalue weighted by molar-refractivity contribution is -0.120. The standard InChI is InChI=1S/C16H21N5O/c1-20-13-7-18-12-6-17-5-4-10(12)14(13)21-8-9-2-3-11(19-9)15(21)16(20)22/h7,9,11,15,17,19H,2-6,8H2,1H3. The SMILES string of the molecule is CN1C(=O)C2C3CCC(CN2c2c1cnc1c2CCNC1)N3. The molecule has 5 rings (SSSR count). The molecule has 4 aliphatic rings. The number of hydrogen-bond acceptors (Lipinski definition) is 5. The van der Waals surface area contributed by atoms with Crippen LogP contribution in [0, 0.1) is 0 Å². The van der Waals surface area contributed by atoms with Gasteiger partial charge in [0.05, 0.1) is 23.3 Å². The topological polar surface area (TPSA) is 60.5 Å². The second kappa shape index (κ2) is 4.43. The lowest BCUT2D eigenvalue weighted by Gasteiger charge is -2.48. The molecule has 2 fully saturated rings. The van der Waals surface area contributed by atoms with E-state index in [1.807, 2.05) is 18.1 Å². The van der Waals surface area contributed by atoms with Crippen LogP contribution in [0.15, 0.2) is 6.20 Å². The van der Waals surface area contributed by atoms with Crippen LogP contribution in [0.2, 0.25) is 0 Å². The van der Waals surface area contributed by atoms with E-state index in [1.54, 1.807) is 0 Å². The Hall–Kier alpha value is -1.66. The summed E-state index contributed by atoms with van der Waals surface area (Å²) in [6, 6.07) is 0.779. The lowest BCUT2D eigenvalue weighted by Crippen LogP contribution is -2.66. The van der Waals surface area contributed by atoms with Crippen LogP contribution in [0.3, 0.4) is 0 Å². The zero-order valence-corrected chi connectivity index (χ0v) is 12.8. The van der Waals surface area contributed by atoms with E-state index in [0.29, 0.717) is 12.1 Å². The molecule has 0 radical (unpaired) electrons. The average molecular weight is 299 g/mol. The Morgan fingerprint density at radius 2 is 2.27 bits per heavy atom. The van der Waals surface area contributed by atoms with E-state index in [0.717, 1.165) is 43.9 Å². The van der Waals surface area contributed by atoms with Crippen molar-refractivity contribution in [3.8, 4) is 0 Å². The molecule has 3 unspecified atom stereocenters. The van der Waals surface area contributed by atoms with Crippen molar-refractivity contribution >= 4 is 17.3 Å². The monoisotopic (exact) mass is 299 g/mol. The minimum atomic E-state index is -0.0439. The van der Waals surface area contributed by atoms with Crippen LogP contribution >= 0.6 is 0 Å². The van der Waals surface area contributed by atoms with Gasteiger partial charge in [0.25, 0.3) is 5.91 Å². The second-order valence-electron chi connectivity index (χ2n) is 6.89. The summed E-state index contributed by atoms with van der Waals surface area (Å²) >= 11 is 0. The number of rotatable bonds is 0. The van der Waals surface area contributed by atoms with Gasteiger partial charge < -0.3 is 20.4 Å². The van der Waals surface area contributed by atoms with E-state index in [9.17, 15) is 4.79 Å². The summed E-state index contributed by atoms with van der Waals surface area (Å²) in [5, 5.41) is 7.03. The van der Waals surface area contributed by atoms with Crippen molar-refractivity contribution in [2.24, 2.45) is 0 Å². The predicted octanol–water partition coefficient (Wildman–Crippen LogP) is 0.0129. The Morgan fingerprint density at radius 3 is 3.18 bits per heavy atom. The quantitative estimate of drug-likeness (QED) is 0.707. The van der Waals surface area contributed by atoms with Gasteiger partial charge in [0.15, 0.2) is 0 Å². The highest BCUT2D eigenvalue weighted by Gasteiger charge is 2.49. The highest BCUT2D eigenvalue weighted by atomic mass is 16.2. The zero-order chi connectivity index (χ0) is 14.8. The number of nitrogens with one attached hydrogen (secondary N) is 2. The van der Waals surface area contributed by atoms with Crippen molar-refractivity contribution in [2.45, 2.75) is 43.9 Å². The molecule has 1 aromatic heterocycles. The first-order valence-corrected chi connectivity index (χ1v) is 8.26. The van der Waals surface area contributed by atoms with Gasteiger partial charge in [-0.15, -0.1) is 0 Å². The minimum Gasteiger partial charge on any atom is -0.355 e. The molecule has 6 heteroatoms. The second-order valence-corrected chi connectivity index (χ2v) is 6.89. The highest BCUT2D eigenvalue weighted by Crippen LogP contribution is 2.43. The number of anilines is 2. The Balaban J connectivity index is 1.71. The number of fused-ring (bicyclic) bond motifs is 8. The number of amides is 1. The summed E-state index contributed by atoms with van der Waals surface area (Å²) in [5.41, 5.74) is 4.76. The summed E-state index contributed by atoms with van der Waals surface area (Å²) in [7, 11) is 1.90. The van der Waals surface area contributed by atoms with E-state index >= 15 is 0 Å². The van der Waals surface area contributed by atoms with Gasteiger partial charge in [0.1, 0.15) is 6.04 Å². The van der Waals surface area contributed by atoms with E-state index in [2.05, 4.69) is 20.5 Å². The molecule has 116 valence electrons. The van der Waals surface area contributed by atoms with E-state index in [4.69, 9.17) is 0 Å². The molecular weight excluding hydrogens is 278 g/mol. The number of piperazine rings is 1. The highest BCUT2D eigenvalue weighted by molar-refractivity contribution is 6.06. The third kappa shape index (κ3) is 1.57. The van der Waals surface area contributed by atoms with Crippen LogP contribution in [-0.2, 0) is 17.8 Å². The van der Waals surface area contributed by atoms with E-state index < -0.39 is 0 Å². The largest absolute Gasteiger partial charge is 0.355 e. The van der Waals surface area contributed by atoms with Crippen LogP contribution < -0.4 is 20.4 Å². The summed E-state index contributed by atoms with van der Waals surface area (Å²) < 4.78 is 0. The normalized spacial score (nSPS) is 32.6. The van der Waals surface area contributed by atoms with Gasteiger partial charge >= 0.3 is 0 Å². The molecule has 6 nitrogen and oxygen atoms in total. The molecule has 1 aromatic rings. The van der Waals surface area contributed by atoms with E-state index in [-0.39, 0.29) is 11.9 Å². The van der Waals surface area contributed by atoms with Crippen LogP contribution in [0.4, 0.5) is 11.4 Å². The molecule has 4 aliphatic heterocycles. The average Bonchev–Trinajstić information content (AvgIpc) is 2.93. The van der Waals surface area contributed by atoms with Gasteiger partial charge in [0, 0.05) is 37.8 Å². The minimum absolute atomic E-state index is 0.0439. The fourth-order valence-corrected chi connectivity index (χ4v) is 4.63. The van der Waals surface area contributed by atoms with Crippen molar-refractivity contribution in [3.63, 3.8) is 0 Å². The summed E-state index contributed by atoms with van der Waals surface area (Å²) in [4.78, 5) is 21.7. The molecule has 2 bridgehead atoms. The first-order chi connectivity index (χ1) is 10.7. The zero-order valence-electron chi connectivity index (χ0n) is 12.8. The molecule has 5 heterocycles. The van der Waals surface area contributed by atoms with Gasteiger partial charge in [-0.1, -0.05) is 0 Å². The molecule has 3 atom stereocenters. The molecular formula is C16H21N5O. The van der Waals surface area contributed by atoms with Crippen molar-refractivity contribution in [1.29, 1.82) is 0 Å². The fraction of sp³-hybridized carbons (Fsp3) is 0.625. The number of likely N-dealkylation sites (N-methyl/N-ethyl adjacent to an activating group) is 1. The Morgan fingerprint density at radius 1 is 1.36 bits per heavy atom. The third-order valence-electron chi connectivity index (χ3n) is 5.71. The van der Waals surface area contributed by atoms with Crippen LogP contribution in [0.1, 0.15) is 24.1 Å².